The van der Waals surface area contributed by atoms with E-state index in [1.165, 1.54) is 50.1 Å². The molecule has 2 aromatic carbocycles. The number of ketones is 1. The predicted octanol–water partition coefficient (Wildman–Crippen LogP) is 5.78. The Labute approximate surface area is 265 Å². The SMILES string of the molecule is CCC(CC)C(=O)/C=C(\O)C(CC)CC.Cc1cccc(C)c1B1c2c[se][c-]c2-c2ncnc3c(C)ccc1c23.[Ir]. The molecule has 0 aliphatic carbocycles. The molecule has 0 fully saturated rings. The molecule has 0 saturated carbocycles. The van der Waals surface area contributed by atoms with Gasteiger partial charge in [0.2, 0.25) is 0 Å². The molecule has 5 rings (SSSR count). The summed E-state index contributed by atoms with van der Waals surface area (Å²) in [5.41, 5.74) is 11.4. The molecule has 1 radical (unpaired) electrons. The van der Waals surface area contributed by atoms with Crippen molar-refractivity contribution in [1.29, 1.82) is 0 Å². The van der Waals surface area contributed by atoms with E-state index in [4.69, 9.17) is 0 Å². The maximum absolute atomic E-state index is 11.7. The number of hydrogen-bond acceptors (Lipinski definition) is 4. The van der Waals surface area contributed by atoms with Crippen LogP contribution in [-0.4, -0.2) is 42.1 Å². The van der Waals surface area contributed by atoms with E-state index in [9.17, 15) is 9.90 Å². The summed E-state index contributed by atoms with van der Waals surface area (Å²) in [4.78, 5) is 27.0. The number of carbonyl (C=O) groups excluding carboxylic acids is 1. The summed E-state index contributed by atoms with van der Waals surface area (Å²) >= 11 is 0.286. The Hall–Kier alpha value is -2.30. The average molecular weight is 791 g/mol. The second-order valence-corrected chi connectivity index (χ2v) is 12.2. The molecular weight excluding hydrogens is 750 g/mol. The number of carbonyl (C=O) groups is 1. The van der Waals surface area contributed by atoms with E-state index in [2.05, 4.69) is 71.0 Å². The fourth-order valence-electron chi connectivity index (χ4n) is 5.97. The van der Waals surface area contributed by atoms with Crippen LogP contribution in [0.25, 0.3) is 22.2 Å². The van der Waals surface area contributed by atoms with E-state index in [1.54, 1.807) is 6.33 Å². The molecule has 0 atom stereocenters. The van der Waals surface area contributed by atoms with Gasteiger partial charge in [-0.15, -0.1) is 0 Å². The number of hydrogen-bond donors (Lipinski definition) is 1. The molecule has 3 heterocycles. The standard InChI is InChI=1S/C21H16BN2Se.C13H24O2.Ir/c1-12-5-4-6-13(2)19(12)22-16-8-7-14(3)20-18(16)21(24-11-23-20)15-9-25-10-17(15)22;1-5-10(6-2)12(14)9-13(15)11(7-3)8-4;/h4-8,10-11H,1-3H3;9-11,14H,5-8H2,1-4H3;/q-1;;/b;12-9-;. The van der Waals surface area contributed by atoms with Gasteiger partial charge in [-0.1, -0.05) is 27.7 Å². The first-order chi connectivity index (χ1) is 19.3. The minimum Gasteiger partial charge on any atom is 0 e. The van der Waals surface area contributed by atoms with Gasteiger partial charge in [-0.2, -0.15) is 0 Å². The Bertz CT molecular complexity index is 1520. The normalized spacial score (nSPS) is 12.2. The minimum atomic E-state index is 0. The van der Waals surface area contributed by atoms with Gasteiger partial charge in [0.25, 0.3) is 0 Å². The van der Waals surface area contributed by atoms with Crippen molar-refractivity contribution in [2.24, 2.45) is 11.8 Å². The number of allylic oxidation sites excluding steroid dienone is 2. The van der Waals surface area contributed by atoms with Crippen molar-refractivity contribution >= 4 is 54.3 Å². The van der Waals surface area contributed by atoms with E-state index in [1.807, 2.05) is 27.7 Å². The van der Waals surface area contributed by atoms with Gasteiger partial charge in [0, 0.05) is 38.0 Å². The molecule has 0 amide bonds. The van der Waals surface area contributed by atoms with E-state index in [-0.39, 0.29) is 64.7 Å². The number of rotatable bonds is 8. The molecule has 0 unspecified atom stereocenters. The molecule has 7 heteroatoms. The molecule has 1 N–H and O–H groups in total. The van der Waals surface area contributed by atoms with Crippen LogP contribution in [-0.2, 0) is 24.9 Å². The molecule has 0 saturated heterocycles. The van der Waals surface area contributed by atoms with Gasteiger partial charge in [-0.25, -0.2) is 0 Å². The van der Waals surface area contributed by atoms with Crippen molar-refractivity contribution < 1.29 is 30.0 Å². The van der Waals surface area contributed by atoms with Crippen molar-refractivity contribution in [3.8, 4) is 11.3 Å². The van der Waals surface area contributed by atoms with Crippen LogP contribution in [0.4, 0.5) is 0 Å². The van der Waals surface area contributed by atoms with Gasteiger partial charge >= 0.3 is 154 Å². The second-order valence-electron chi connectivity index (χ2n) is 10.8. The van der Waals surface area contributed by atoms with Crippen LogP contribution in [0, 0.1) is 37.5 Å². The first-order valence-corrected chi connectivity index (χ1v) is 16.4. The molecular formula is C34H40BIrN2O2Se-. The number of aliphatic hydroxyl groups excluding tert-OH is 1. The number of benzene rings is 2. The number of aliphatic hydroxyl groups is 1. The predicted molar refractivity (Wildman–Crippen MR) is 170 cm³/mol. The second kappa shape index (κ2) is 14.7. The zero-order valence-electron chi connectivity index (χ0n) is 25.2. The Kier molecular flexibility index (Phi) is 11.9. The summed E-state index contributed by atoms with van der Waals surface area (Å²) in [5.74, 6) is 0.547. The summed E-state index contributed by atoms with van der Waals surface area (Å²) < 4.78 is 0. The monoisotopic (exact) mass is 792 g/mol. The Morgan fingerprint density at radius 1 is 0.927 bits per heavy atom. The van der Waals surface area contributed by atoms with Crippen molar-refractivity contribution in [3.63, 3.8) is 0 Å². The smallest absolute Gasteiger partial charge is 0 e. The third kappa shape index (κ3) is 6.70. The zero-order chi connectivity index (χ0) is 29.0. The molecule has 4 nitrogen and oxygen atoms in total. The van der Waals surface area contributed by atoms with Crippen molar-refractivity contribution in [1.82, 2.24) is 9.97 Å². The van der Waals surface area contributed by atoms with Crippen LogP contribution >= 0.6 is 0 Å². The van der Waals surface area contributed by atoms with Crippen LogP contribution in [0.15, 0.2) is 53.4 Å². The van der Waals surface area contributed by atoms with Gasteiger partial charge in [-0.05, 0) is 25.7 Å². The summed E-state index contributed by atoms with van der Waals surface area (Å²) in [7, 11) is 0. The largest absolute Gasteiger partial charge is 0 e. The molecule has 1 aliphatic heterocycles. The van der Waals surface area contributed by atoms with E-state index in [0.29, 0.717) is 0 Å². The zero-order valence-corrected chi connectivity index (χ0v) is 29.3. The van der Waals surface area contributed by atoms with Crippen LogP contribution in [0.2, 0.25) is 0 Å². The molecule has 4 aromatic rings. The molecule has 1 aliphatic rings. The first kappa shape index (κ1) is 33.2. The van der Waals surface area contributed by atoms with Gasteiger partial charge in [0.1, 0.15) is 0 Å². The minimum absolute atomic E-state index is 0. The van der Waals surface area contributed by atoms with E-state index >= 15 is 0 Å². The summed E-state index contributed by atoms with van der Waals surface area (Å²) in [6.45, 7) is 14.9. The van der Waals surface area contributed by atoms with Gasteiger partial charge in [-0.3, -0.25) is 4.79 Å². The third-order valence-electron chi connectivity index (χ3n) is 8.43. The summed E-state index contributed by atoms with van der Waals surface area (Å²) in [6.07, 6.45) is 6.61. The first-order valence-electron chi connectivity index (χ1n) is 14.5. The van der Waals surface area contributed by atoms with Crippen molar-refractivity contribution in [2.75, 3.05) is 0 Å². The molecule has 0 bridgehead atoms. The van der Waals surface area contributed by atoms with Crippen molar-refractivity contribution in [2.45, 2.75) is 74.1 Å². The number of aryl methyl sites for hydroxylation is 3. The van der Waals surface area contributed by atoms with Gasteiger partial charge in [0.15, 0.2) is 5.78 Å². The van der Waals surface area contributed by atoms with Gasteiger partial charge in [0.05, 0.1) is 5.76 Å². The summed E-state index contributed by atoms with van der Waals surface area (Å²) in [6, 6.07) is 11.1. The Morgan fingerprint density at radius 2 is 1.56 bits per heavy atom. The quantitative estimate of drug-likeness (QED) is 0.0939. The van der Waals surface area contributed by atoms with Crippen LogP contribution in [0.1, 0.15) is 70.1 Å². The molecule has 41 heavy (non-hydrogen) atoms. The Balaban J connectivity index is 0.000000253. The topological polar surface area (TPSA) is 63.1 Å². The van der Waals surface area contributed by atoms with E-state index < -0.39 is 0 Å². The fourth-order valence-corrected chi connectivity index (χ4v) is 7.59. The van der Waals surface area contributed by atoms with Crippen LogP contribution in [0.3, 0.4) is 0 Å². The molecule has 217 valence electrons. The fraction of sp³-hybridized carbons (Fsp3) is 0.382. The maximum Gasteiger partial charge on any atom is 0 e. The number of nitrogens with zero attached hydrogens (tertiary/aromatic N) is 2. The Morgan fingerprint density at radius 3 is 2.17 bits per heavy atom. The molecule has 0 spiro atoms. The van der Waals surface area contributed by atoms with Crippen molar-refractivity contribution in [3.05, 3.63) is 75.1 Å². The third-order valence-corrected chi connectivity index (χ3v) is 9.89. The van der Waals surface area contributed by atoms with Gasteiger partial charge < -0.3 is 5.11 Å². The van der Waals surface area contributed by atoms with E-state index in [0.717, 1.165) is 36.9 Å². The average Bonchev–Trinajstić information content (AvgIpc) is 3.43. The number of aromatic nitrogens is 2. The molecule has 2 aromatic heterocycles. The van der Waals surface area contributed by atoms with Crippen LogP contribution < -0.4 is 16.4 Å². The van der Waals surface area contributed by atoms with Crippen LogP contribution in [0.5, 0.6) is 0 Å². The number of fused-ring (bicyclic) bond motifs is 2. The summed E-state index contributed by atoms with van der Waals surface area (Å²) in [5, 5.41) is 11.0. The maximum atomic E-state index is 11.7.